The lowest BCUT2D eigenvalue weighted by Gasteiger charge is -2.25. The zero-order chi connectivity index (χ0) is 13.9. The molecule has 0 bridgehead atoms. The van der Waals surface area contributed by atoms with Crippen LogP contribution in [0.15, 0.2) is 34.9 Å². The van der Waals surface area contributed by atoms with Gasteiger partial charge in [-0.3, -0.25) is 4.79 Å². The highest BCUT2D eigenvalue weighted by Gasteiger charge is 2.21. The molecule has 0 fully saturated rings. The first-order valence-electron chi connectivity index (χ1n) is 6.64. The Balaban J connectivity index is 1.56. The van der Waals surface area contributed by atoms with Gasteiger partial charge in [0.1, 0.15) is 5.75 Å². The smallest absolute Gasteiger partial charge is 0.289 e. The van der Waals surface area contributed by atoms with Crippen molar-refractivity contribution in [1.29, 1.82) is 0 Å². The van der Waals surface area contributed by atoms with Gasteiger partial charge in [-0.2, -0.15) is 0 Å². The number of amides is 1. The van der Waals surface area contributed by atoms with Gasteiger partial charge in [0.15, 0.2) is 0 Å². The molecule has 1 amide bonds. The van der Waals surface area contributed by atoms with Gasteiger partial charge < -0.3 is 14.6 Å². The number of benzene rings is 1. The van der Waals surface area contributed by atoms with Gasteiger partial charge in [0, 0.05) is 18.5 Å². The van der Waals surface area contributed by atoms with Crippen molar-refractivity contribution in [3.05, 3.63) is 47.3 Å². The Labute approximate surface area is 116 Å². The third kappa shape index (κ3) is 2.66. The molecule has 0 saturated carbocycles. The van der Waals surface area contributed by atoms with Crippen LogP contribution in [0.1, 0.15) is 21.8 Å². The van der Waals surface area contributed by atoms with Gasteiger partial charge in [-0.05, 0) is 25.0 Å². The summed E-state index contributed by atoms with van der Waals surface area (Å²) in [6.07, 6.45) is 0.909. The topological polar surface area (TPSA) is 64.4 Å². The predicted molar refractivity (Wildman–Crippen MR) is 72.7 cm³/mol. The van der Waals surface area contributed by atoms with Crippen molar-refractivity contribution in [3.63, 3.8) is 0 Å². The van der Waals surface area contributed by atoms with Crippen LogP contribution in [0.2, 0.25) is 0 Å². The van der Waals surface area contributed by atoms with Crippen molar-refractivity contribution < 1.29 is 14.1 Å². The highest BCUT2D eigenvalue weighted by molar-refractivity contribution is 5.91. The van der Waals surface area contributed by atoms with Crippen LogP contribution in [0, 0.1) is 12.8 Å². The van der Waals surface area contributed by atoms with E-state index >= 15 is 0 Å². The second kappa shape index (κ2) is 5.36. The summed E-state index contributed by atoms with van der Waals surface area (Å²) in [4.78, 5) is 11.9. The Morgan fingerprint density at radius 1 is 1.45 bits per heavy atom. The Bertz CT molecular complexity index is 621. The fraction of sp³-hybridized carbons (Fsp3) is 0.333. The molecular formula is C15H16N2O3. The molecule has 1 atom stereocenters. The second-order valence-electron chi connectivity index (χ2n) is 5.03. The zero-order valence-electron chi connectivity index (χ0n) is 11.3. The van der Waals surface area contributed by atoms with Gasteiger partial charge in [0.05, 0.1) is 12.3 Å². The first-order valence-corrected chi connectivity index (χ1v) is 6.64. The molecule has 0 radical (unpaired) electrons. The summed E-state index contributed by atoms with van der Waals surface area (Å²) >= 11 is 0. The maximum absolute atomic E-state index is 11.9. The van der Waals surface area contributed by atoms with E-state index in [1.165, 1.54) is 5.56 Å². The highest BCUT2D eigenvalue weighted by atomic mass is 16.5. The molecular weight excluding hydrogens is 256 g/mol. The van der Waals surface area contributed by atoms with E-state index in [9.17, 15) is 4.79 Å². The number of ether oxygens (including phenoxy) is 1. The molecule has 1 unspecified atom stereocenters. The van der Waals surface area contributed by atoms with Crippen molar-refractivity contribution in [3.8, 4) is 5.75 Å². The van der Waals surface area contributed by atoms with Gasteiger partial charge in [0.2, 0.25) is 5.76 Å². The van der Waals surface area contributed by atoms with Crippen LogP contribution in [0.5, 0.6) is 5.75 Å². The molecule has 2 heterocycles. The van der Waals surface area contributed by atoms with Gasteiger partial charge >= 0.3 is 0 Å². The molecule has 1 N–H and O–H groups in total. The summed E-state index contributed by atoms with van der Waals surface area (Å²) < 4.78 is 10.6. The van der Waals surface area contributed by atoms with Crippen LogP contribution >= 0.6 is 0 Å². The Hall–Kier alpha value is -2.30. The number of hydrogen-bond donors (Lipinski definition) is 1. The number of aromatic nitrogens is 1. The van der Waals surface area contributed by atoms with Gasteiger partial charge in [-0.25, -0.2) is 0 Å². The standard InChI is InChI=1S/C15H16N2O3/c1-10-6-14(20-17-10)15(18)16-8-11-7-12-4-2-3-5-13(12)19-9-11/h2-6,11H,7-9H2,1H3,(H,16,18). The van der Waals surface area contributed by atoms with Gasteiger partial charge in [-0.15, -0.1) is 0 Å². The predicted octanol–water partition coefficient (Wildman–Crippen LogP) is 1.96. The number of rotatable bonds is 3. The number of carbonyl (C=O) groups excluding carboxylic acids is 1. The third-order valence-electron chi connectivity index (χ3n) is 3.36. The van der Waals surface area contributed by atoms with E-state index in [1.54, 1.807) is 13.0 Å². The molecule has 1 aliphatic rings. The van der Waals surface area contributed by atoms with Crippen LogP contribution < -0.4 is 10.1 Å². The molecule has 1 aliphatic heterocycles. The molecule has 5 nitrogen and oxygen atoms in total. The molecule has 1 aromatic carbocycles. The Morgan fingerprint density at radius 2 is 2.30 bits per heavy atom. The summed E-state index contributed by atoms with van der Waals surface area (Å²) in [6, 6.07) is 9.63. The minimum atomic E-state index is -0.232. The number of hydrogen-bond acceptors (Lipinski definition) is 4. The lowest BCUT2D eigenvalue weighted by Crippen LogP contribution is -2.34. The normalized spacial score (nSPS) is 17.1. The highest BCUT2D eigenvalue weighted by Crippen LogP contribution is 2.26. The SMILES string of the molecule is Cc1cc(C(=O)NCC2COc3ccccc3C2)on1. The molecule has 5 heteroatoms. The molecule has 1 aromatic heterocycles. The number of nitrogens with one attached hydrogen (secondary N) is 1. The van der Waals surface area contributed by atoms with Crippen LogP contribution in [-0.4, -0.2) is 24.2 Å². The molecule has 0 spiro atoms. The number of carbonyl (C=O) groups is 1. The van der Waals surface area contributed by atoms with E-state index in [4.69, 9.17) is 9.26 Å². The Morgan fingerprint density at radius 3 is 3.10 bits per heavy atom. The number of aryl methyl sites for hydroxylation is 1. The average Bonchev–Trinajstić information content (AvgIpc) is 2.91. The van der Waals surface area contributed by atoms with E-state index < -0.39 is 0 Å². The van der Waals surface area contributed by atoms with Crippen LogP contribution in [0.3, 0.4) is 0 Å². The summed E-state index contributed by atoms with van der Waals surface area (Å²) in [5.74, 6) is 1.24. The number of nitrogens with zero attached hydrogens (tertiary/aromatic N) is 1. The minimum absolute atomic E-state index is 0.232. The van der Waals surface area contributed by atoms with Crippen molar-refractivity contribution in [2.45, 2.75) is 13.3 Å². The molecule has 104 valence electrons. The summed E-state index contributed by atoms with van der Waals surface area (Å²) in [5.41, 5.74) is 1.89. The quantitative estimate of drug-likeness (QED) is 0.927. The number of para-hydroxylation sites is 1. The summed E-state index contributed by atoms with van der Waals surface area (Å²) in [7, 11) is 0. The van der Waals surface area contributed by atoms with E-state index in [0.717, 1.165) is 12.2 Å². The lowest BCUT2D eigenvalue weighted by atomic mass is 9.97. The lowest BCUT2D eigenvalue weighted by molar-refractivity contribution is 0.0902. The number of fused-ring (bicyclic) bond motifs is 1. The largest absolute Gasteiger partial charge is 0.493 e. The molecule has 3 rings (SSSR count). The summed E-state index contributed by atoms with van der Waals surface area (Å²) in [6.45, 7) is 2.96. The first-order chi connectivity index (χ1) is 9.72. The van der Waals surface area contributed by atoms with Crippen molar-refractivity contribution in [2.75, 3.05) is 13.2 Å². The second-order valence-corrected chi connectivity index (χ2v) is 5.03. The maximum Gasteiger partial charge on any atom is 0.289 e. The van der Waals surface area contributed by atoms with E-state index in [1.807, 2.05) is 18.2 Å². The van der Waals surface area contributed by atoms with Gasteiger partial charge in [-0.1, -0.05) is 23.4 Å². The Kier molecular flexibility index (Phi) is 3.41. The zero-order valence-corrected chi connectivity index (χ0v) is 11.3. The van der Waals surface area contributed by atoms with Crippen molar-refractivity contribution in [2.24, 2.45) is 5.92 Å². The van der Waals surface area contributed by atoms with Crippen LogP contribution in [-0.2, 0) is 6.42 Å². The van der Waals surface area contributed by atoms with Crippen LogP contribution in [0.25, 0.3) is 0 Å². The average molecular weight is 272 g/mol. The molecule has 20 heavy (non-hydrogen) atoms. The van der Waals surface area contributed by atoms with Crippen molar-refractivity contribution >= 4 is 5.91 Å². The monoisotopic (exact) mass is 272 g/mol. The fourth-order valence-corrected chi connectivity index (χ4v) is 2.32. The van der Waals surface area contributed by atoms with E-state index in [2.05, 4.69) is 16.5 Å². The van der Waals surface area contributed by atoms with Crippen LogP contribution in [0.4, 0.5) is 0 Å². The first kappa shape index (κ1) is 12.7. The van der Waals surface area contributed by atoms with E-state index in [-0.39, 0.29) is 17.6 Å². The summed E-state index contributed by atoms with van der Waals surface area (Å²) in [5, 5.41) is 6.56. The minimum Gasteiger partial charge on any atom is -0.493 e. The molecule has 0 aliphatic carbocycles. The van der Waals surface area contributed by atoms with E-state index in [0.29, 0.717) is 18.8 Å². The third-order valence-corrected chi connectivity index (χ3v) is 3.36. The van der Waals surface area contributed by atoms with Gasteiger partial charge in [0.25, 0.3) is 5.91 Å². The molecule has 0 saturated heterocycles. The molecule has 2 aromatic rings. The maximum atomic E-state index is 11.9. The fourth-order valence-electron chi connectivity index (χ4n) is 2.32. The van der Waals surface area contributed by atoms with Crippen molar-refractivity contribution in [1.82, 2.24) is 10.5 Å².